The van der Waals surface area contributed by atoms with Gasteiger partial charge in [0.15, 0.2) is 5.78 Å². The highest BCUT2D eigenvalue weighted by Gasteiger charge is 2.26. The maximum Gasteiger partial charge on any atom is 0.270 e. The zero-order valence-corrected chi connectivity index (χ0v) is 20.0. The Balaban J connectivity index is 1.24. The maximum atomic E-state index is 13.4. The van der Waals surface area contributed by atoms with Gasteiger partial charge in [-0.25, -0.2) is 9.07 Å². The number of ketones is 1. The lowest BCUT2D eigenvalue weighted by Crippen LogP contribution is -2.40. The van der Waals surface area contributed by atoms with Crippen LogP contribution in [0.2, 0.25) is 0 Å². The summed E-state index contributed by atoms with van der Waals surface area (Å²) in [5, 5.41) is 4.77. The number of carbonyl (C=O) groups is 1. The number of nitrogens with zero attached hydrogens (tertiary/aromatic N) is 4. The average molecular weight is 475 g/mol. The molecule has 35 heavy (non-hydrogen) atoms. The Kier molecular flexibility index (Phi) is 7.13. The van der Waals surface area contributed by atoms with Gasteiger partial charge in [0, 0.05) is 42.4 Å². The molecule has 0 amide bonds. The molecular formula is C28H31FN4O2. The van der Waals surface area contributed by atoms with Crippen molar-refractivity contribution in [3.8, 4) is 0 Å². The van der Waals surface area contributed by atoms with E-state index in [1.165, 1.54) is 12.1 Å². The van der Waals surface area contributed by atoms with Gasteiger partial charge < -0.3 is 4.90 Å². The van der Waals surface area contributed by atoms with Crippen molar-refractivity contribution in [3.05, 3.63) is 92.9 Å². The van der Waals surface area contributed by atoms with E-state index in [0.29, 0.717) is 18.5 Å². The van der Waals surface area contributed by atoms with Crippen molar-refractivity contribution in [2.75, 3.05) is 19.6 Å². The van der Waals surface area contributed by atoms with Crippen molar-refractivity contribution in [2.24, 2.45) is 5.92 Å². The fourth-order valence-corrected chi connectivity index (χ4v) is 5.35. The molecule has 1 aliphatic heterocycles. The van der Waals surface area contributed by atoms with Crippen LogP contribution < -0.4 is 5.56 Å². The van der Waals surface area contributed by atoms with Crippen LogP contribution in [0.1, 0.15) is 58.4 Å². The quantitative estimate of drug-likeness (QED) is 0.487. The number of pyridine rings is 1. The molecular weight excluding hydrogens is 443 g/mol. The summed E-state index contributed by atoms with van der Waals surface area (Å²) < 4.78 is 14.8. The van der Waals surface area contributed by atoms with Crippen molar-refractivity contribution < 1.29 is 9.18 Å². The minimum absolute atomic E-state index is 0.0101. The fourth-order valence-electron chi connectivity index (χ4n) is 5.35. The third-order valence-electron chi connectivity index (χ3n) is 7.36. The Labute approximate surface area is 204 Å². The lowest BCUT2D eigenvalue weighted by Gasteiger charge is -2.31. The normalized spacial score (nSPS) is 16.7. The smallest absolute Gasteiger partial charge is 0.270 e. The summed E-state index contributed by atoms with van der Waals surface area (Å²) in [6.45, 7) is 2.89. The van der Waals surface area contributed by atoms with E-state index in [9.17, 15) is 14.0 Å². The van der Waals surface area contributed by atoms with Crippen LogP contribution in [-0.2, 0) is 25.8 Å². The molecule has 0 saturated carbocycles. The number of aromatic nitrogens is 3. The van der Waals surface area contributed by atoms with E-state index in [1.54, 1.807) is 23.0 Å². The number of aryl methyl sites for hydroxylation is 1. The Morgan fingerprint density at radius 1 is 1.03 bits per heavy atom. The second-order valence-corrected chi connectivity index (χ2v) is 9.66. The van der Waals surface area contributed by atoms with Crippen molar-refractivity contribution >= 4 is 5.78 Å². The molecule has 0 unspecified atom stereocenters. The molecule has 182 valence electrons. The van der Waals surface area contributed by atoms with Gasteiger partial charge >= 0.3 is 0 Å². The minimum atomic E-state index is -0.328. The molecule has 0 spiro atoms. The first kappa shape index (κ1) is 23.5. The first-order valence-electron chi connectivity index (χ1n) is 12.6. The number of hydrogen-bond donors (Lipinski definition) is 0. The zero-order chi connectivity index (χ0) is 24.2. The first-order valence-corrected chi connectivity index (χ1v) is 12.6. The molecule has 6 nitrogen and oxygen atoms in total. The van der Waals surface area contributed by atoms with Gasteiger partial charge in [0.25, 0.3) is 5.56 Å². The van der Waals surface area contributed by atoms with Gasteiger partial charge in [-0.3, -0.25) is 14.6 Å². The average Bonchev–Trinajstić information content (AvgIpc) is 2.90. The molecule has 5 rings (SSSR count). The van der Waals surface area contributed by atoms with Gasteiger partial charge in [0.05, 0.1) is 12.2 Å². The highest BCUT2D eigenvalue weighted by atomic mass is 19.1. The summed E-state index contributed by atoms with van der Waals surface area (Å²) in [7, 11) is 0. The topological polar surface area (TPSA) is 68.1 Å². The molecule has 0 bridgehead atoms. The first-order chi connectivity index (χ1) is 17.1. The van der Waals surface area contributed by atoms with Gasteiger partial charge in [-0.15, -0.1) is 0 Å². The highest BCUT2D eigenvalue weighted by molar-refractivity contribution is 5.97. The molecule has 3 aromatic rings. The van der Waals surface area contributed by atoms with Crippen LogP contribution in [0.25, 0.3) is 0 Å². The predicted molar refractivity (Wildman–Crippen MR) is 132 cm³/mol. The van der Waals surface area contributed by atoms with Crippen LogP contribution in [0.5, 0.6) is 0 Å². The lowest BCUT2D eigenvalue weighted by atomic mass is 9.89. The number of hydrogen-bond acceptors (Lipinski definition) is 5. The number of rotatable bonds is 7. The second kappa shape index (κ2) is 10.6. The Morgan fingerprint density at radius 3 is 2.54 bits per heavy atom. The van der Waals surface area contributed by atoms with Crippen molar-refractivity contribution in [3.63, 3.8) is 0 Å². The van der Waals surface area contributed by atoms with Gasteiger partial charge in [-0.2, -0.15) is 5.10 Å². The van der Waals surface area contributed by atoms with Crippen LogP contribution in [0.4, 0.5) is 4.39 Å². The minimum Gasteiger partial charge on any atom is -0.301 e. The number of carbonyl (C=O) groups excluding carboxylic acids is 1. The summed E-state index contributed by atoms with van der Waals surface area (Å²) in [5.41, 5.74) is 4.71. The van der Waals surface area contributed by atoms with Crippen molar-refractivity contribution in [2.45, 2.75) is 51.5 Å². The van der Waals surface area contributed by atoms with E-state index in [4.69, 9.17) is 5.10 Å². The summed E-state index contributed by atoms with van der Waals surface area (Å²) >= 11 is 0. The molecule has 0 radical (unpaired) electrons. The van der Waals surface area contributed by atoms with Crippen LogP contribution >= 0.6 is 0 Å². The summed E-state index contributed by atoms with van der Waals surface area (Å²) in [4.78, 5) is 32.7. The molecule has 1 fully saturated rings. The predicted octanol–water partition coefficient (Wildman–Crippen LogP) is 3.84. The molecule has 3 heterocycles. The Morgan fingerprint density at radius 2 is 1.80 bits per heavy atom. The number of benzene rings is 1. The molecule has 1 saturated heterocycles. The highest BCUT2D eigenvalue weighted by Crippen LogP contribution is 2.24. The van der Waals surface area contributed by atoms with Gasteiger partial charge in [0.1, 0.15) is 5.82 Å². The van der Waals surface area contributed by atoms with Crippen LogP contribution in [0.15, 0.2) is 53.6 Å². The largest absolute Gasteiger partial charge is 0.301 e. The van der Waals surface area contributed by atoms with Crippen molar-refractivity contribution in [1.82, 2.24) is 19.7 Å². The monoisotopic (exact) mass is 474 g/mol. The molecule has 7 heteroatoms. The molecule has 0 atom stereocenters. The summed E-state index contributed by atoms with van der Waals surface area (Å²) in [6.07, 6.45) is 9.77. The van der Waals surface area contributed by atoms with E-state index in [2.05, 4.69) is 9.88 Å². The van der Waals surface area contributed by atoms with Crippen molar-refractivity contribution in [1.29, 1.82) is 0 Å². The van der Waals surface area contributed by atoms with E-state index in [1.807, 2.05) is 18.3 Å². The van der Waals surface area contributed by atoms with Crippen LogP contribution in [-0.4, -0.2) is 45.1 Å². The van der Waals surface area contributed by atoms with Gasteiger partial charge in [0.2, 0.25) is 0 Å². The summed E-state index contributed by atoms with van der Waals surface area (Å²) in [6, 6.07) is 9.75. The number of likely N-dealkylation sites (tertiary alicyclic amines) is 1. The van der Waals surface area contributed by atoms with Gasteiger partial charge in [-0.05, 0) is 93.1 Å². The molecule has 2 aliphatic rings. The summed E-state index contributed by atoms with van der Waals surface area (Å²) in [5.74, 6) is -0.268. The zero-order valence-electron chi connectivity index (χ0n) is 20.0. The Hall–Kier alpha value is -3.19. The number of fused-ring (bicyclic) bond motifs is 1. The fraction of sp³-hybridized carbons (Fsp3) is 0.429. The van der Waals surface area contributed by atoms with Crippen LogP contribution in [0.3, 0.4) is 0 Å². The number of halogens is 1. The molecule has 1 aromatic carbocycles. The third kappa shape index (κ3) is 5.40. The van der Waals surface area contributed by atoms with E-state index < -0.39 is 0 Å². The Bertz CT molecular complexity index is 1230. The lowest BCUT2D eigenvalue weighted by molar-refractivity contribution is 0.0836. The van der Waals surface area contributed by atoms with Gasteiger partial charge in [-0.1, -0.05) is 6.07 Å². The third-order valence-corrected chi connectivity index (χ3v) is 7.36. The van der Waals surface area contributed by atoms with E-state index in [0.717, 1.165) is 80.5 Å². The standard InChI is InChI=1S/C28H31FN4O2/c29-23-9-7-21(8-10-23)27(34)22-11-14-32(15-12-22)16-17-33-28(35)25(18-20-4-3-13-30-19-20)24-5-1-2-6-26(24)31-33/h3-4,7-10,13,19,22H,1-2,5-6,11-12,14-18H2. The maximum absolute atomic E-state index is 13.4. The number of piperidine rings is 1. The van der Waals surface area contributed by atoms with Crippen LogP contribution in [0, 0.1) is 11.7 Å². The second-order valence-electron chi connectivity index (χ2n) is 9.66. The number of Topliss-reactive ketones (excluding diaryl/α,β-unsaturated/α-hetero) is 1. The SMILES string of the molecule is O=C(c1ccc(F)cc1)C1CCN(CCn2nc3c(c(Cc4cccnc4)c2=O)CCCC3)CC1. The molecule has 1 aliphatic carbocycles. The molecule has 0 N–H and O–H groups in total. The molecule has 2 aromatic heterocycles. The van der Waals surface area contributed by atoms with E-state index >= 15 is 0 Å². The van der Waals surface area contributed by atoms with E-state index in [-0.39, 0.29) is 23.1 Å².